The fourth-order valence-corrected chi connectivity index (χ4v) is 3.11. The third-order valence-corrected chi connectivity index (χ3v) is 4.50. The van der Waals surface area contributed by atoms with Gasteiger partial charge in [-0.05, 0) is 36.1 Å². The van der Waals surface area contributed by atoms with Crippen molar-refractivity contribution in [3.05, 3.63) is 64.2 Å². The van der Waals surface area contributed by atoms with Gasteiger partial charge >= 0.3 is 5.97 Å². The maximum atomic E-state index is 13.8. The van der Waals surface area contributed by atoms with E-state index < -0.39 is 0 Å². The summed E-state index contributed by atoms with van der Waals surface area (Å²) >= 11 is 1.45. The number of ether oxygens (including phenoxy) is 1. The molecule has 0 saturated carbocycles. The number of amides is 1. The van der Waals surface area contributed by atoms with Crippen molar-refractivity contribution in [1.29, 1.82) is 0 Å². The average Bonchev–Trinajstić information content (AvgIpc) is 3.20. The average molecular weight is 372 g/mol. The van der Waals surface area contributed by atoms with Crippen LogP contribution in [0.15, 0.2) is 47.3 Å². The van der Waals surface area contributed by atoms with Gasteiger partial charge in [0.25, 0.3) is 5.91 Å². The Labute approximate surface area is 153 Å². The van der Waals surface area contributed by atoms with Gasteiger partial charge in [-0.2, -0.15) is 11.3 Å². The normalized spacial score (nSPS) is 10.7. The zero-order valence-electron chi connectivity index (χ0n) is 13.9. The number of nitrogens with one attached hydrogen (secondary N) is 1. The summed E-state index contributed by atoms with van der Waals surface area (Å²) in [5.74, 6) is -0.879. The van der Waals surface area contributed by atoms with Gasteiger partial charge in [0, 0.05) is 41.1 Å². The topological polar surface area (TPSA) is 68.3 Å². The second-order valence-electron chi connectivity index (χ2n) is 5.64. The Balaban J connectivity index is 1.45. The SMILES string of the molecule is O=C(CCCNC(=O)c1ccsc1)OCc1ccc(F)c2cccnc12. The molecule has 2 heterocycles. The molecule has 0 spiro atoms. The van der Waals surface area contributed by atoms with Crippen molar-refractivity contribution in [2.45, 2.75) is 19.4 Å². The number of aromatic nitrogens is 1. The number of fused-ring (bicyclic) bond motifs is 1. The van der Waals surface area contributed by atoms with Crippen LogP contribution in [0.5, 0.6) is 0 Å². The quantitative estimate of drug-likeness (QED) is 0.507. The fraction of sp³-hybridized carbons (Fsp3) is 0.211. The van der Waals surface area contributed by atoms with Gasteiger partial charge in [-0.1, -0.05) is 6.07 Å². The van der Waals surface area contributed by atoms with Crippen molar-refractivity contribution < 1.29 is 18.7 Å². The van der Waals surface area contributed by atoms with Gasteiger partial charge in [0.2, 0.25) is 0 Å². The molecule has 1 amide bonds. The molecular formula is C19H17FN2O3S. The highest BCUT2D eigenvalue weighted by Gasteiger charge is 2.10. The molecule has 0 aliphatic carbocycles. The maximum Gasteiger partial charge on any atom is 0.306 e. The summed E-state index contributed by atoms with van der Waals surface area (Å²) in [5.41, 5.74) is 1.76. The van der Waals surface area contributed by atoms with Crippen molar-refractivity contribution in [3.63, 3.8) is 0 Å². The van der Waals surface area contributed by atoms with Crippen molar-refractivity contribution in [1.82, 2.24) is 10.3 Å². The lowest BCUT2D eigenvalue weighted by atomic mass is 10.1. The minimum Gasteiger partial charge on any atom is -0.461 e. The lowest BCUT2D eigenvalue weighted by Gasteiger charge is -2.08. The number of carbonyl (C=O) groups excluding carboxylic acids is 2. The van der Waals surface area contributed by atoms with Gasteiger partial charge in [-0.25, -0.2) is 4.39 Å². The van der Waals surface area contributed by atoms with E-state index in [-0.39, 0.29) is 30.7 Å². The van der Waals surface area contributed by atoms with E-state index in [4.69, 9.17) is 4.74 Å². The maximum absolute atomic E-state index is 13.8. The number of hydrogen-bond donors (Lipinski definition) is 1. The molecular weight excluding hydrogens is 355 g/mol. The smallest absolute Gasteiger partial charge is 0.306 e. The van der Waals surface area contributed by atoms with Crippen LogP contribution in [0.3, 0.4) is 0 Å². The molecule has 0 atom stereocenters. The van der Waals surface area contributed by atoms with Crippen LogP contribution in [-0.2, 0) is 16.1 Å². The van der Waals surface area contributed by atoms with Crippen molar-refractivity contribution in [2.75, 3.05) is 6.54 Å². The number of carbonyl (C=O) groups is 2. The molecule has 0 unspecified atom stereocenters. The van der Waals surface area contributed by atoms with Crippen LogP contribution in [0.25, 0.3) is 10.9 Å². The summed E-state index contributed by atoms with van der Waals surface area (Å²) in [6.45, 7) is 0.429. The summed E-state index contributed by atoms with van der Waals surface area (Å²) < 4.78 is 19.0. The summed E-state index contributed by atoms with van der Waals surface area (Å²) in [4.78, 5) is 27.8. The molecule has 0 bridgehead atoms. The number of rotatable bonds is 7. The summed E-state index contributed by atoms with van der Waals surface area (Å²) in [7, 11) is 0. The lowest BCUT2D eigenvalue weighted by molar-refractivity contribution is -0.145. The first-order valence-corrected chi connectivity index (χ1v) is 9.07. The molecule has 0 saturated heterocycles. The highest BCUT2D eigenvalue weighted by Crippen LogP contribution is 2.20. The van der Waals surface area contributed by atoms with Gasteiger partial charge in [0.15, 0.2) is 0 Å². The minimum atomic E-state index is -0.372. The molecule has 1 aromatic carbocycles. The second-order valence-corrected chi connectivity index (χ2v) is 6.42. The third-order valence-electron chi connectivity index (χ3n) is 3.82. The zero-order chi connectivity index (χ0) is 18.4. The Kier molecular flexibility index (Phi) is 5.91. The lowest BCUT2D eigenvalue weighted by Crippen LogP contribution is -2.24. The number of thiophene rings is 1. The first kappa shape index (κ1) is 18.0. The zero-order valence-corrected chi connectivity index (χ0v) is 14.7. The molecule has 2 aromatic heterocycles. The van der Waals surface area contributed by atoms with Crippen LogP contribution in [0.2, 0.25) is 0 Å². The second kappa shape index (κ2) is 8.53. The van der Waals surface area contributed by atoms with Gasteiger partial charge in [-0.15, -0.1) is 0 Å². The molecule has 0 radical (unpaired) electrons. The molecule has 1 N–H and O–H groups in total. The molecule has 3 aromatic rings. The molecule has 0 aliphatic heterocycles. The van der Waals surface area contributed by atoms with Gasteiger partial charge in [0.05, 0.1) is 5.52 Å². The predicted octanol–water partition coefficient (Wildman–Crippen LogP) is 3.69. The number of benzene rings is 1. The Bertz CT molecular complexity index is 912. The summed E-state index contributed by atoms with van der Waals surface area (Å²) in [6, 6.07) is 7.95. The highest BCUT2D eigenvalue weighted by molar-refractivity contribution is 7.08. The number of esters is 1. The highest BCUT2D eigenvalue weighted by atomic mass is 32.1. The summed E-state index contributed by atoms with van der Waals surface area (Å²) in [5, 5.41) is 6.76. The van der Waals surface area contributed by atoms with Crippen LogP contribution in [0, 0.1) is 5.82 Å². The molecule has 3 rings (SSSR count). The van der Waals surface area contributed by atoms with E-state index in [9.17, 15) is 14.0 Å². The molecule has 26 heavy (non-hydrogen) atoms. The summed E-state index contributed by atoms with van der Waals surface area (Å²) in [6.07, 6.45) is 2.25. The van der Waals surface area contributed by atoms with Gasteiger partial charge in [-0.3, -0.25) is 14.6 Å². The van der Waals surface area contributed by atoms with E-state index in [2.05, 4.69) is 10.3 Å². The van der Waals surface area contributed by atoms with E-state index in [1.54, 1.807) is 35.8 Å². The van der Waals surface area contributed by atoms with Crippen LogP contribution < -0.4 is 5.32 Å². The van der Waals surface area contributed by atoms with Crippen LogP contribution in [-0.4, -0.2) is 23.4 Å². The number of hydrogen-bond acceptors (Lipinski definition) is 5. The van der Waals surface area contributed by atoms with E-state index >= 15 is 0 Å². The Morgan fingerprint density at radius 3 is 2.92 bits per heavy atom. The third kappa shape index (κ3) is 4.43. The predicted molar refractivity (Wildman–Crippen MR) is 97.4 cm³/mol. The van der Waals surface area contributed by atoms with Crippen LogP contribution in [0.4, 0.5) is 4.39 Å². The Hall–Kier alpha value is -2.80. The molecule has 5 nitrogen and oxygen atoms in total. The van der Waals surface area contributed by atoms with Crippen LogP contribution in [0.1, 0.15) is 28.8 Å². The largest absolute Gasteiger partial charge is 0.461 e. The van der Waals surface area contributed by atoms with Crippen molar-refractivity contribution in [3.8, 4) is 0 Å². The number of nitrogens with zero attached hydrogens (tertiary/aromatic N) is 1. The van der Waals surface area contributed by atoms with Crippen molar-refractivity contribution in [2.24, 2.45) is 0 Å². The fourth-order valence-electron chi connectivity index (χ4n) is 2.47. The van der Waals surface area contributed by atoms with Crippen LogP contribution >= 0.6 is 11.3 Å². The molecule has 134 valence electrons. The van der Waals surface area contributed by atoms with E-state index in [1.807, 2.05) is 5.38 Å². The number of halogens is 1. The van der Waals surface area contributed by atoms with E-state index in [0.29, 0.717) is 35.0 Å². The molecule has 7 heteroatoms. The standard InChI is InChI=1S/C19H17FN2O3S/c20-16-6-5-13(18-15(16)3-1-8-21-18)11-25-17(23)4-2-9-22-19(24)14-7-10-26-12-14/h1,3,5-8,10,12H,2,4,9,11H2,(H,22,24). The molecule has 0 aliphatic rings. The van der Waals surface area contributed by atoms with E-state index in [0.717, 1.165) is 0 Å². The minimum absolute atomic E-state index is 0.0356. The first-order valence-electron chi connectivity index (χ1n) is 8.13. The van der Waals surface area contributed by atoms with Gasteiger partial charge < -0.3 is 10.1 Å². The Morgan fingerprint density at radius 1 is 1.23 bits per heavy atom. The van der Waals surface area contributed by atoms with E-state index in [1.165, 1.54) is 17.4 Å². The van der Waals surface area contributed by atoms with Crippen molar-refractivity contribution >= 4 is 34.1 Å². The van der Waals surface area contributed by atoms with Gasteiger partial charge in [0.1, 0.15) is 12.4 Å². The Morgan fingerprint density at radius 2 is 2.12 bits per heavy atom. The first-order chi connectivity index (χ1) is 12.6. The number of pyridine rings is 1. The molecule has 0 fully saturated rings. The monoisotopic (exact) mass is 372 g/mol.